The van der Waals surface area contributed by atoms with Crippen molar-refractivity contribution in [1.29, 1.82) is 0 Å². The minimum Gasteiger partial charge on any atom is -0.301 e. The molecule has 0 radical (unpaired) electrons. The Balaban J connectivity index is 2.60. The van der Waals surface area contributed by atoms with E-state index in [-0.39, 0.29) is 10.6 Å². The molecule has 1 aromatic heterocycles. The molecule has 0 bridgehead atoms. The second kappa shape index (κ2) is 4.89. The van der Waals surface area contributed by atoms with E-state index in [4.69, 9.17) is 11.6 Å². The lowest BCUT2D eigenvalue weighted by molar-refractivity contribution is 0.628. The van der Waals surface area contributed by atoms with Crippen LogP contribution in [0.2, 0.25) is 5.02 Å². The zero-order chi connectivity index (χ0) is 12.4. The van der Waals surface area contributed by atoms with E-state index in [2.05, 4.69) is 9.97 Å². The Hall–Kier alpha value is -1.33. The number of thioether (sulfide) groups is 1. The summed E-state index contributed by atoms with van der Waals surface area (Å²) in [4.78, 5) is 18.2. The summed E-state index contributed by atoms with van der Waals surface area (Å²) in [6.45, 7) is 0. The van der Waals surface area contributed by atoms with E-state index in [1.165, 1.54) is 36.0 Å². The number of nitrogens with zero attached hydrogens (tertiary/aromatic N) is 1. The van der Waals surface area contributed by atoms with E-state index in [9.17, 15) is 9.18 Å². The number of hydrogen-bond donors (Lipinski definition) is 1. The number of nitrogens with one attached hydrogen (secondary N) is 1. The molecule has 1 N–H and O–H groups in total. The third kappa shape index (κ3) is 2.68. The first-order valence-electron chi connectivity index (χ1n) is 4.71. The van der Waals surface area contributed by atoms with Crippen molar-refractivity contribution in [3.8, 4) is 11.3 Å². The summed E-state index contributed by atoms with van der Waals surface area (Å²) in [7, 11) is 0. The van der Waals surface area contributed by atoms with Crippen LogP contribution in [0.25, 0.3) is 11.3 Å². The van der Waals surface area contributed by atoms with Crippen molar-refractivity contribution in [1.82, 2.24) is 9.97 Å². The van der Waals surface area contributed by atoms with Gasteiger partial charge in [-0.25, -0.2) is 9.37 Å². The lowest BCUT2D eigenvalue weighted by Crippen LogP contribution is -2.07. The summed E-state index contributed by atoms with van der Waals surface area (Å²) in [6, 6.07) is 5.31. The number of H-pyrrole nitrogens is 1. The van der Waals surface area contributed by atoms with Gasteiger partial charge in [-0.2, -0.15) is 0 Å². The lowest BCUT2D eigenvalue weighted by atomic mass is 10.1. The van der Waals surface area contributed by atoms with E-state index in [1.807, 2.05) is 0 Å². The summed E-state index contributed by atoms with van der Waals surface area (Å²) < 4.78 is 12.9. The van der Waals surface area contributed by atoms with Gasteiger partial charge in [0.2, 0.25) is 0 Å². The Morgan fingerprint density at radius 1 is 1.41 bits per heavy atom. The highest BCUT2D eigenvalue weighted by molar-refractivity contribution is 7.98. The van der Waals surface area contributed by atoms with Gasteiger partial charge in [0, 0.05) is 11.6 Å². The Labute approximate surface area is 106 Å². The van der Waals surface area contributed by atoms with Gasteiger partial charge in [-0.05, 0) is 24.5 Å². The average Bonchev–Trinajstić information content (AvgIpc) is 2.28. The van der Waals surface area contributed by atoms with Crippen molar-refractivity contribution in [3.63, 3.8) is 0 Å². The summed E-state index contributed by atoms with van der Waals surface area (Å²) in [5.74, 6) is -0.423. The van der Waals surface area contributed by atoms with Crippen LogP contribution in [0.3, 0.4) is 0 Å². The van der Waals surface area contributed by atoms with Crippen LogP contribution < -0.4 is 5.56 Å². The van der Waals surface area contributed by atoms with Crippen LogP contribution in [0.4, 0.5) is 4.39 Å². The standard InChI is InChI=1S/C11H8ClFN2OS/c1-17-11-14-9(5-10(16)15-11)7-3-2-6(13)4-8(7)12/h2-5H,1H3,(H,14,15,16). The van der Waals surface area contributed by atoms with Crippen molar-refractivity contribution in [2.24, 2.45) is 0 Å². The maximum atomic E-state index is 12.9. The molecule has 17 heavy (non-hydrogen) atoms. The van der Waals surface area contributed by atoms with Gasteiger partial charge >= 0.3 is 0 Å². The predicted molar refractivity (Wildman–Crippen MR) is 67.0 cm³/mol. The van der Waals surface area contributed by atoms with Gasteiger partial charge in [0.25, 0.3) is 5.56 Å². The van der Waals surface area contributed by atoms with Crippen LogP contribution in [0.5, 0.6) is 0 Å². The Kier molecular flexibility index (Phi) is 3.49. The van der Waals surface area contributed by atoms with Crippen LogP contribution in [-0.2, 0) is 0 Å². The van der Waals surface area contributed by atoms with Gasteiger partial charge < -0.3 is 4.98 Å². The minimum absolute atomic E-state index is 0.232. The molecule has 0 saturated carbocycles. The van der Waals surface area contributed by atoms with Gasteiger partial charge in [-0.3, -0.25) is 4.79 Å². The number of rotatable bonds is 2. The fraction of sp³-hybridized carbons (Fsp3) is 0.0909. The highest BCUT2D eigenvalue weighted by Gasteiger charge is 2.08. The molecule has 0 atom stereocenters. The fourth-order valence-electron chi connectivity index (χ4n) is 1.37. The van der Waals surface area contributed by atoms with Gasteiger partial charge in [-0.15, -0.1) is 0 Å². The van der Waals surface area contributed by atoms with E-state index in [0.29, 0.717) is 16.4 Å². The normalized spacial score (nSPS) is 10.5. The number of aromatic nitrogens is 2. The third-order valence-corrected chi connectivity index (χ3v) is 3.01. The molecule has 0 spiro atoms. The van der Waals surface area contributed by atoms with Crippen molar-refractivity contribution in [2.75, 3.05) is 6.26 Å². The van der Waals surface area contributed by atoms with Crippen LogP contribution in [0, 0.1) is 5.82 Å². The van der Waals surface area contributed by atoms with Gasteiger partial charge in [0.05, 0.1) is 10.7 Å². The van der Waals surface area contributed by atoms with Crippen LogP contribution in [0.15, 0.2) is 34.2 Å². The van der Waals surface area contributed by atoms with E-state index in [0.717, 1.165) is 0 Å². The number of hydrogen-bond acceptors (Lipinski definition) is 3. The SMILES string of the molecule is CSc1nc(-c2ccc(F)cc2Cl)cc(=O)[nH]1. The highest BCUT2D eigenvalue weighted by Crippen LogP contribution is 2.26. The van der Waals surface area contributed by atoms with Gasteiger partial charge in [0.15, 0.2) is 5.16 Å². The molecule has 0 saturated heterocycles. The summed E-state index contributed by atoms with van der Waals surface area (Å²) in [5, 5.41) is 0.725. The molecule has 6 heteroatoms. The minimum atomic E-state index is -0.423. The maximum absolute atomic E-state index is 12.9. The number of halogens is 2. The third-order valence-electron chi connectivity index (χ3n) is 2.12. The largest absolute Gasteiger partial charge is 0.301 e. The molecule has 1 heterocycles. The average molecular weight is 271 g/mol. The van der Waals surface area contributed by atoms with Crippen molar-refractivity contribution < 1.29 is 4.39 Å². The first kappa shape index (κ1) is 12.1. The van der Waals surface area contributed by atoms with Gasteiger partial charge in [-0.1, -0.05) is 23.4 Å². The van der Waals surface area contributed by atoms with Crippen LogP contribution in [0.1, 0.15) is 0 Å². The molecule has 0 fully saturated rings. The molecular formula is C11H8ClFN2OS. The quantitative estimate of drug-likeness (QED) is 0.674. The molecule has 88 valence electrons. The lowest BCUT2D eigenvalue weighted by Gasteiger charge is -2.04. The molecule has 0 aliphatic carbocycles. The van der Waals surface area contributed by atoms with Crippen LogP contribution >= 0.6 is 23.4 Å². The zero-order valence-corrected chi connectivity index (χ0v) is 10.4. The van der Waals surface area contributed by atoms with Crippen molar-refractivity contribution >= 4 is 23.4 Å². The Morgan fingerprint density at radius 2 is 2.18 bits per heavy atom. The summed E-state index contributed by atoms with van der Waals surface area (Å²) >= 11 is 7.23. The number of benzene rings is 1. The first-order valence-corrected chi connectivity index (χ1v) is 6.31. The predicted octanol–water partition coefficient (Wildman–Crippen LogP) is 2.95. The monoisotopic (exact) mass is 270 g/mol. The molecule has 3 nitrogen and oxygen atoms in total. The second-order valence-electron chi connectivity index (χ2n) is 3.26. The Morgan fingerprint density at radius 3 is 2.82 bits per heavy atom. The molecule has 2 aromatic rings. The zero-order valence-electron chi connectivity index (χ0n) is 8.83. The summed E-state index contributed by atoms with van der Waals surface area (Å²) in [6.07, 6.45) is 1.80. The van der Waals surface area contributed by atoms with Crippen molar-refractivity contribution in [3.05, 3.63) is 45.5 Å². The number of aromatic amines is 1. The highest BCUT2D eigenvalue weighted by atomic mass is 35.5. The van der Waals surface area contributed by atoms with E-state index < -0.39 is 5.82 Å². The maximum Gasteiger partial charge on any atom is 0.252 e. The Bertz CT molecular complexity index is 615. The van der Waals surface area contributed by atoms with Crippen LogP contribution in [-0.4, -0.2) is 16.2 Å². The van der Waals surface area contributed by atoms with E-state index in [1.54, 1.807) is 6.26 Å². The molecule has 0 amide bonds. The van der Waals surface area contributed by atoms with Gasteiger partial charge in [0.1, 0.15) is 5.82 Å². The second-order valence-corrected chi connectivity index (χ2v) is 4.47. The molecule has 0 aliphatic heterocycles. The fourth-order valence-corrected chi connectivity index (χ4v) is 2.02. The van der Waals surface area contributed by atoms with E-state index >= 15 is 0 Å². The topological polar surface area (TPSA) is 45.8 Å². The molecular weight excluding hydrogens is 263 g/mol. The van der Waals surface area contributed by atoms with Crippen molar-refractivity contribution in [2.45, 2.75) is 5.16 Å². The smallest absolute Gasteiger partial charge is 0.252 e. The first-order chi connectivity index (χ1) is 8.10. The summed E-state index contributed by atoms with van der Waals surface area (Å²) in [5.41, 5.74) is 0.706. The molecule has 0 aliphatic rings. The molecule has 2 rings (SSSR count). The molecule has 0 unspecified atom stereocenters. The molecule has 1 aromatic carbocycles.